The van der Waals surface area contributed by atoms with Gasteiger partial charge in [-0.1, -0.05) is 0 Å². The fraction of sp³-hybridized carbons (Fsp3) is 0.881. The van der Waals surface area contributed by atoms with Crippen LogP contribution in [0.25, 0.3) is 0 Å². The molecule has 49 heavy (non-hydrogen) atoms. The number of unbranched alkanes of at least 4 members (excludes halogenated alkanes) is 3. The van der Waals surface area contributed by atoms with Gasteiger partial charge in [0.1, 0.15) is 0 Å². The van der Waals surface area contributed by atoms with Gasteiger partial charge < -0.3 is 0 Å². The molecular formula is C42H86O4Si2Sn. The Morgan fingerprint density at radius 2 is 1.20 bits per heavy atom. The third-order valence-electron chi connectivity index (χ3n) is 12.2. The van der Waals surface area contributed by atoms with E-state index in [0.29, 0.717) is 23.0 Å². The Morgan fingerprint density at radius 3 is 1.57 bits per heavy atom. The van der Waals surface area contributed by atoms with Gasteiger partial charge in [-0.25, -0.2) is 0 Å². The number of carbonyl (C=O) groups excluding carboxylic acids is 1. The summed E-state index contributed by atoms with van der Waals surface area (Å²) < 4.78 is 27.6. The molecule has 0 bridgehead atoms. The quantitative estimate of drug-likeness (QED) is 0.0411. The summed E-state index contributed by atoms with van der Waals surface area (Å²) in [6.07, 6.45) is 15.7. The number of hydrogen-bond donors (Lipinski definition) is 0. The second kappa shape index (κ2) is 26.0. The van der Waals surface area contributed by atoms with Crippen LogP contribution in [0.2, 0.25) is 48.1 Å². The minimum atomic E-state index is -2.57. The van der Waals surface area contributed by atoms with Crippen LogP contribution < -0.4 is 0 Å². The number of allylic oxidation sites excluding steroid dienone is 2. The number of rotatable bonds is 30. The van der Waals surface area contributed by atoms with Crippen molar-refractivity contribution >= 4 is 41.0 Å². The van der Waals surface area contributed by atoms with Crippen LogP contribution in [-0.4, -0.2) is 60.3 Å². The second-order valence-corrected chi connectivity index (χ2v) is 39.5. The Kier molecular flexibility index (Phi) is 26.0. The summed E-state index contributed by atoms with van der Waals surface area (Å²) in [6.45, 7) is 34.9. The number of ether oxygens (including phenoxy) is 1. The van der Waals surface area contributed by atoms with Gasteiger partial charge in [-0.2, -0.15) is 0 Å². The predicted octanol–water partition coefficient (Wildman–Crippen LogP) is 14.1. The van der Waals surface area contributed by atoms with Crippen molar-refractivity contribution in [1.29, 1.82) is 0 Å². The molecular weight excluding hydrogens is 743 g/mol. The molecule has 7 heteroatoms. The number of esters is 1. The molecule has 0 aromatic heterocycles. The zero-order valence-electron chi connectivity index (χ0n) is 35.4. The molecule has 0 N–H and O–H groups in total. The summed E-state index contributed by atoms with van der Waals surface area (Å²) in [4.78, 5) is 13.1. The molecule has 0 aliphatic carbocycles. The van der Waals surface area contributed by atoms with Gasteiger partial charge >= 0.3 is 316 Å². The van der Waals surface area contributed by atoms with Crippen molar-refractivity contribution in [3.8, 4) is 0 Å². The van der Waals surface area contributed by atoms with E-state index in [1.165, 1.54) is 51.8 Å². The standard InChI is InChI=1S/C30H59O4Si2.3C4H9.Sn/c1-14-19-20-28(34-36(23(6)7,24(8)9)25(10)11)26(12)29(33-35(16-3,17-4)18-5)21-27(15-2)22-30(31)32-13;3*1-3-4-2;/h2,14-15,23-29H,1,16-22H2,3-13H3;3*1,3-4H2,2H3;/t26-,27+,28+,29-;;;;/m0..../s1. The molecule has 0 rings (SSSR count). The van der Waals surface area contributed by atoms with Crippen LogP contribution in [0.15, 0.2) is 22.8 Å². The predicted molar refractivity (Wildman–Crippen MR) is 225 cm³/mol. The monoisotopic (exact) mass is 831 g/mol. The Balaban J connectivity index is 7.23. The van der Waals surface area contributed by atoms with Crippen LogP contribution in [0, 0.1) is 11.8 Å². The molecule has 0 fully saturated rings. The summed E-state index contributed by atoms with van der Waals surface area (Å²) in [5, 5.41) is 0. The zero-order chi connectivity index (χ0) is 37.7. The summed E-state index contributed by atoms with van der Waals surface area (Å²) >= 11 is -2.57. The Hall–Kier alpha value is 0.102. The zero-order valence-corrected chi connectivity index (χ0v) is 40.3. The molecule has 0 saturated carbocycles. The van der Waals surface area contributed by atoms with Crippen molar-refractivity contribution in [1.82, 2.24) is 0 Å². The van der Waals surface area contributed by atoms with E-state index in [1.54, 1.807) is 7.11 Å². The van der Waals surface area contributed by atoms with Gasteiger partial charge in [0.25, 0.3) is 0 Å². The van der Waals surface area contributed by atoms with Crippen LogP contribution in [0.5, 0.6) is 0 Å². The van der Waals surface area contributed by atoms with Crippen molar-refractivity contribution in [3.63, 3.8) is 0 Å². The SMILES string of the molecule is C=CCC[C@@H](O[Si](C(C)C)(C(C)C)C(C)C)[C@H](C)[C@H](C[C@@H](/C=[CH]/[Sn]([CH2]CCC)([CH2]CCC)[CH2]CCC)CC(=O)OC)O[Si](CC)(CC)CC. The summed E-state index contributed by atoms with van der Waals surface area (Å²) in [6, 6.07) is 3.35. The topological polar surface area (TPSA) is 44.8 Å². The third kappa shape index (κ3) is 15.9. The van der Waals surface area contributed by atoms with E-state index < -0.39 is 35.0 Å². The fourth-order valence-corrected chi connectivity index (χ4v) is 31.9. The van der Waals surface area contributed by atoms with Gasteiger partial charge in [-0.3, -0.25) is 0 Å². The Labute approximate surface area is 313 Å². The van der Waals surface area contributed by atoms with Crippen molar-refractivity contribution in [2.45, 2.75) is 214 Å². The Bertz CT molecular complexity index is 849. The van der Waals surface area contributed by atoms with Crippen LogP contribution >= 0.6 is 0 Å². The van der Waals surface area contributed by atoms with Crippen LogP contribution in [0.1, 0.15) is 154 Å². The first kappa shape index (κ1) is 49.1. The summed E-state index contributed by atoms with van der Waals surface area (Å²) in [7, 11) is -2.56. The van der Waals surface area contributed by atoms with Gasteiger partial charge in [0.05, 0.1) is 0 Å². The molecule has 290 valence electrons. The average molecular weight is 830 g/mol. The van der Waals surface area contributed by atoms with Gasteiger partial charge in [-0.15, -0.1) is 0 Å². The maximum absolute atomic E-state index is 13.1. The second-order valence-electron chi connectivity index (χ2n) is 16.4. The first-order chi connectivity index (χ1) is 23.2. The van der Waals surface area contributed by atoms with Crippen LogP contribution in [-0.2, 0) is 18.4 Å². The van der Waals surface area contributed by atoms with Gasteiger partial charge in [0.2, 0.25) is 0 Å². The third-order valence-corrected chi connectivity index (χ3v) is 37.1. The summed E-state index contributed by atoms with van der Waals surface area (Å²) in [5.41, 5.74) is 1.56. The van der Waals surface area contributed by atoms with E-state index in [1.807, 2.05) is 0 Å². The average Bonchev–Trinajstić information content (AvgIpc) is 3.08. The molecule has 0 aliphatic heterocycles. The fourth-order valence-electron chi connectivity index (χ4n) is 8.69. The van der Waals surface area contributed by atoms with E-state index in [-0.39, 0.29) is 30.0 Å². The minimum absolute atomic E-state index is 0.0327. The van der Waals surface area contributed by atoms with Gasteiger partial charge in [0.15, 0.2) is 0 Å². The molecule has 0 aromatic carbocycles. The van der Waals surface area contributed by atoms with Gasteiger partial charge in [-0.05, 0) is 0 Å². The van der Waals surface area contributed by atoms with Crippen molar-refractivity contribution in [2.24, 2.45) is 11.8 Å². The maximum atomic E-state index is 13.1. The molecule has 0 amide bonds. The number of hydrogen-bond acceptors (Lipinski definition) is 4. The molecule has 0 saturated heterocycles. The van der Waals surface area contributed by atoms with E-state index in [4.69, 9.17) is 13.6 Å². The number of methoxy groups -OCH3 is 1. The molecule has 0 unspecified atom stereocenters. The molecule has 0 aliphatic rings. The van der Waals surface area contributed by atoms with E-state index >= 15 is 0 Å². The van der Waals surface area contributed by atoms with E-state index in [9.17, 15) is 4.79 Å². The van der Waals surface area contributed by atoms with Gasteiger partial charge in [0, 0.05) is 0 Å². The molecule has 4 atom stereocenters. The van der Waals surface area contributed by atoms with Crippen LogP contribution in [0.4, 0.5) is 0 Å². The molecule has 0 aromatic rings. The Morgan fingerprint density at radius 1 is 0.735 bits per heavy atom. The molecule has 0 radical (unpaired) electrons. The molecule has 0 heterocycles. The first-order valence-electron chi connectivity index (χ1n) is 20.9. The van der Waals surface area contributed by atoms with E-state index in [0.717, 1.165) is 37.4 Å². The van der Waals surface area contributed by atoms with Crippen molar-refractivity contribution in [2.75, 3.05) is 7.11 Å². The molecule has 4 nitrogen and oxygen atoms in total. The van der Waals surface area contributed by atoms with Crippen LogP contribution in [0.3, 0.4) is 0 Å². The summed E-state index contributed by atoms with van der Waals surface area (Å²) in [5.74, 6) is 0.218. The number of carbonyl (C=O) groups is 1. The first-order valence-corrected chi connectivity index (χ1v) is 33.3. The van der Waals surface area contributed by atoms with E-state index in [2.05, 4.69) is 113 Å². The molecule has 0 spiro atoms. The normalized spacial score (nSPS) is 15.7. The van der Waals surface area contributed by atoms with Crippen molar-refractivity contribution in [3.05, 3.63) is 22.8 Å². The van der Waals surface area contributed by atoms with Crippen molar-refractivity contribution < 1.29 is 18.4 Å².